The third-order valence-corrected chi connectivity index (χ3v) is 3.64. The van der Waals surface area contributed by atoms with Gasteiger partial charge >= 0.3 is 5.97 Å². The van der Waals surface area contributed by atoms with Crippen molar-refractivity contribution in [2.24, 2.45) is 0 Å². The molecule has 0 saturated heterocycles. The molecule has 0 atom stereocenters. The van der Waals surface area contributed by atoms with Crippen molar-refractivity contribution in [3.63, 3.8) is 0 Å². The maximum absolute atomic E-state index is 11.5. The van der Waals surface area contributed by atoms with E-state index in [1.807, 2.05) is 36.4 Å². The van der Waals surface area contributed by atoms with Crippen molar-refractivity contribution in [1.29, 1.82) is 0 Å². The molecule has 2 aromatic rings. The summed E-state index contributed by atoms with van der Waals surface area (Å²) in [5, 5.41) is 0.693. The molecule has 4 heteroatoms. The highest BCUT2D eigenvalue weighted by Crippen LogP contribution is 2.23. The van der Waals surface area contributed by atoms with Gasteiger partial charge in [-0.05, 0) is 48.2 Å². The maximum atomic E-state index is 11.5. The largest absolute Gasteiger partial charge is 0.497 e. The molecule has 0 unspecified atom stereocenters. The van der Waals surface area contributed by atoms with Gasteiger partial charge in [0.1, 0.15) is 5.75 Å². The Morgan fingerprint density at radius 3 is 2.57 bits per heavy atom. The predicted molar refractivity (Wildman–Crippen MR) is 83.2 cm³/mol. The number of carbonyl (C=O) groups is 1. The Morgan fingerprint density at radius 1 is 1.10 bits per heavy atom. The summed E-state index contributed by atoms with van der Waals surface area (Å²) in [4.78, 5) is 11.5. The molecule has 0 aliphatic rings. The summed E-state index contributed by atoms with van der Waals surface area (Å²) in [5.74, 6) is 0.427. The number of esters is 1. The molecule has 0 bridgehead atoms. The second-order valence-corrected chi connectivity index (χ2v) is 5.06. The summed E-state index contributed by atoms with van der Waals surface area (Å²) in [7, 11) is 3.00. The Kier molecular flexibility index (Phi) is 5.23. The van der Waals surface area contributed by atoms with Gasteiger partial charge in [0.05, 0.1) is 19.8 Å². The fourth-order valence-electron chi connectivity index (χ4n) is 2.11. The van der Waals surface area contributed by atoms with Crippen molar-refractivity contribution in [1.82, 2.24) is 0 Å². The number of rotatable bonds is 5. The number of methoxy groups -OCH3 is 2. The van der Waals surface area contributed by atoms with E-state index in [-0.39, 0.29) is 5.97 Å². The van der Waals surface area contributed by atoms with Gasteiger partial charge in [-0.2, -0.15) is 0 Å². The Bertz CT molecular complexity index is 638. The Morgan fingerprint density at radius 2 is 1.90 bits per heavy atom. The summed E-state index contributed by atoms with van der Waals surface area (Å²) in [5.41, 5.74) is 2.70. The third kappa shape index (κ3) is 3.99. The van der Waals surface area contributed by atoms with E-state index < -0.39 is 0 Å². The lowest BCUT2D eigenvalue weighted by atomic mass is 10.0. The number of aryl methyl sites for hydroxylation is 2. The van der Waals surface area contributed by atoms with Gasteiger partial charge in [0, 0.05) is 5.02 Å². The van der Waals surface area contributed by atoms with Gasteiger partial charge < -0.3 is 9.47 Å². The predicted octanol–water partition coefficient (Wildman–Crippen LogP) is 3.92. The number of hydrogen-bond acceptors (Lipinski definition) is 3. The van der Waals surface area contributed by atoms with Crippen LogP contribution in [0.4, 0.5) is 0 Å². The minimum Gasteiger partial charge on any atom is -0.497 e. The first-order valence-corrected chi connectivity index (χ1v) is 7.01. The monoisotopic (exact) mass is 304 g/mol. The Labute approximate surface area is 129 Å². The Hall–Kier alpha value is -2.00. The van der Waals surface area contributed by atoms with Gasteiger partial charge in [0.15, 0.2) is 0 Å². The van der Waals surface area contributed by atoms with Gasteiger partial charge in [0.2, 0.25) is 0 Å². The number of hydrogen-bond donors (Lipinski definition) is 0. The molecular formula is C17H17ClO3. The average molecular weight is 305 g/mol. The molecule has 0 heterocycles. The topological polar surface area (TPSA) is 35.5 Å². The molecule has 21 heavy (non-hydrogen) atoms. The van der Waals surface area contributed by atoms with E-state index in [4.69, 9.17) is 21.1 Å². The molecule has 0 fully saturated rings. The fourth-order valence-corrected chi connectivity index (χ4v) is 2.37. The highest BCUT2D eigenvalue weighted by atomic mass is 35.5. The lowest BCUT2D eigenvalue weighted by molar-refractivity contribution is 0.0600. The zero-order valence-electron chi connectivity index (χ0n) is 12.1. The molecule has 0 aliphatic heterocycles. The van der Waals surface area contributed by atoms with Crippen molar-refractivity contribution in [3.05, 3.63) is 64.2 Å². The van der Waals surface area contributed by atoms with Crippen LogP contribution in [0.15, 0.2) is 42.5 Å². The van der Waals surface area contributed by atoms with Gasteiger partial charge in [-0.15, -0.1) is 0 Å². The highest BCUT2D eigenvalue weighted by Gasteiger charge is 2.07. The van der Waals surface area contributed by atoms with Crippen LogP contribution in [0.2, 0.25) is 5.02 Å². The quantitative estimate of drug-likeness (QED) is 0.785. The summed E-state index contributed by atoms with van der Waals surface area (Å²) in [6.07, 6.45) is 1.60. The van der Waals surface area contributed by atoms with E-state index in [0.717, 1.165) is 29.7 Å². The van der Waals surface area contributed by atoms with E-state index in [1.165, 1.54) is 7.11 Å². The van der Waals surface area contributed by atoms with Crippen LogP contribution in [0.5, 0.6) is 5.75 Å². The first-order chi connectivity index (χ1) is 10.1. The van der Waals surface area contributed by atoms with Crippen LogP contribution in [0.25, 0.3) is 0 Å². The van der Waals surface area contributed by atoms with Crippen molar-refractivity contribution in [2.45, 2.75) is 12.8 Å². The van der Waals surface area contributed by atoms with E-state index in [2.05, 4.69) is 0 Å². The van der Waals surface area contributed by atoms with E-state index >= 15 is 0 Å². The van der Waals surface area contributed by atoms with E-state index in [1.54, 1.807) is 13.2 Å². The molecule has 0 saturated carbocycles. The molecule has 2 aromatic carbocycles. The van der Waals surface area contributed by atoms with E-state index in [0.29, 0.717) is 10.6 Å². The van der Waals surface area contributed by atoms with Crippen molar-refractivity contribution in [3.8, 4) is 5.75 Å². The summed E-state index contributed by atoms with van der Waals surface area (Å²) < 4.78 is 9.86. The minimum atomic E-state index is -0.320. The van der Waals surface area contributed by atoms with Crippen LogP contribution in [-0.2, 0) is 17.6 Å². The second kappa shape index (κ2) is 7.14. The molecule has 0 aliphatic carbocycles. The molecule has 110 valence electrons. The average Bonchev–Trinajstić information content (AvgIpc) is 2.53. The molecule has 0 radical (unpaired) electrons. The van der Waals surface area contributed by atoms with Gasteiger partial charge in [-0.25, -0.2) is 4.79 Å². The Balaban J connectivity index is 2.08. The summed E-state index contributed by atoms with van der Waals surface area (Å²) in [6, 6.07) is 13.1. The number of halogens is 1. The molecule has 0 N–H and O–H groups in total. The minimum absolute atomic E-state index is 0.320. The third-order valence-electron chi connectivity index (χ3n) is 3.29. The fraction of sp³-hybridized carbons (Fsp3) is 0.235. The van der Waals surface area contributed by atoms with Crippen molar-refractivity contribution < 1.29 is 14.3 Å². The normalized spacial score (nSPS) is 10.2. The lowest BCUT2D eigenvalue weighted by Gasteiger charge is -2.08. The lowest BCUT2D eigenvalue weighted by Crippen LogP contribution is -2.02. The number of carbonyl (C=O) groups excluding carboxylic acids is 1. The van der Waals surface area contributed by atoms with Crippen LogP contribution in [0, 0.1) is 0 Å². The molecular weight excluding hydrogens is 288 g/mol. The van der Waals surface area contributed by atoms with Crippen LogP contribution >= 0.6 is 11.6 Å². The van der Waals surface area contributed by atoms with Gasteiger partial charge in [-0.1, -0.05) is 29.8 Å². The van der Waals surface area contributed by atoms with Crippen LogP contribution in [0.1, 0.15) is 21.5 Å². The second-order valence-electron chi connectivity index (χ2n) is 4.65. The molecule has 3 nitrogen and oxygen atoms in total. The SMILES string of the molecule is COC(=O)c1cccc(CCc2ccc(OC)cc2Cl)c1. The highest BCUT2D eigenvalue weighted by molar-refractivity contribution is 6.31. The van der Waals surface area contributed by atoms with Crippen LogP contribution < -0.4 is 4.74 Å². The molecule has 0 spiro atoms. The number of benzene rings is 2. The van der Waals surface area contributed by atoms with Crippen molar-refractivity contribution >= 4 is 17.6 Å². The van der Waals surface area contributed by atoms with Gasteiger partial charge in [0.25, 0.3) is 0 Å². The zero-order valence-corrected chi connectivity index (χ0v) is 12.8. The summed E-state index contributed by atoms with van der Waals surface area (Å²) >= 11 is 6.22. The van der Waals surface area contributed by atoms with Crippen molar-refractivity contribution in [2.75, 3.05) is 14.2 Å². The first-order valence-electron chi connectivity index (χ1n) is 6.63. The smallest absolute Gasteiger partial charge is 0.337 e. The van der Waals surface area contributed by atoms with Crippen LogP contribution in [0.3, 0.4) is 0 Å². The molecule has 0 aromatic heterocycles. The van der Waals surface area contributed by atoms with Crippen LogP contribution in [-0.4, -0.2) is 20.2 Å². The number of ether oxygens (including phenoxy) is 2. The standard InChI is InChI=1S/C17H17ClO3/c1-20-15-9-8-13(16(18)11-15)7-6-12-4-3-5-14(10-12)17(19)21-2/h3-5,8-11H,6-7H2,1-2H3. The first kappa shape index (κ1) is 15.4. The zero-order chi connectivity index (χ0) is 15.2. The maximum Gasteiger partial charge on any atom is 0.337 e. The summed E-state index contributed by atoms with van der Waals surface area (Å²) in [6.45, 7) is 0. The van der Waals surface area contributed by atoms with E-state index in [9.17, 15) is 4.79 Å². The molecule has 2 rings (SSSR count). The molecule has 0 amide bonds. The van der Waals surface area contributed by atoms with Gasteiger partial charge in [-0.3, -0.25) is 0 Å².